The Morgan fingerprint density at radius 2 is 2.07 bits per heavy atom. The van der Waals surface area contributed by atoms with E-state index in [-0.39, 0.29) is 10.7 Å². The maximum atomic E-state index is 11.1. The maximum Gasteiger partial charge on any atom is 0.296 e. The molecule has 0 aliphatic carbocycles. The number of primary sulfonamides is 1. The summed E-state index contributed by atoms with van der Waals surface area (Å²) in [6, 6.07) is 0. The van der Waals surface area contributed by atoms with Crippen LogP contribution in [0.25, 0.3) is 0 Å². The minimum atomic E-state index is -3.86. The van der Waals surface area contributed by atoms with Gasteiger partial charge in [-0.15, -0.1) is 0 Å². The van der Waals surface area contributed by atoms with E-state index in [2.05, 4.69) is 9.98 Å². The summed E-state index contributed by atoms with van der Waals surface area (Å²) in [7, 11) is -3.86. The van der Waals surface area contributed by atoms with Gasteiger partial charge in [-0.05, 0) is 12.2 Å². The van der Waals surface area contributed by atoms with Crippen molar-refractivity contribution in [2.45, 2.75) is 0 Å². The van der Waals surface area contributed by atoms with Crippen molar-refractivity contribution in [3.8, 4) is 0 Å². The minimum Gasteiger partial charge on any atom is -0.265 e. The Balaban J connectivity index is 2.54. The minimum absolute atomic E-state index is 0.0246. The van der Waals surface area contributed by atoms with E-state index in [0.717, 1.165) is 0 Å². The number of carbonyl (C=O) groups is 1. The Hall–Kier alpha value is -1.60. The Morgan fingerprint density at radius 3 is 2.64 bits per heavy atom. The zero-order chi connectivity index (χ0) is 10.3. The van der Waals surface area contributed by atoms with Gasteiger partial charge in [-0.2, -0.15) is 0 Å². The number of hydrogen-bond acceptors (Lipinski definition) is 4. The lowest BCUT2D eigenvalue weighted by atomic mass is 10.1. The molecule has 14 heavy (non-hydrogen) atoms. The Labute approximate surface area is 79.6 Å². The van der Waals surface area contributed by atoms with Crippen LogP contribution in [0, 0.1) is 0 Å². The molecule has 2 aliphatic rings. The third-order valence-corrected chi connectivity index (χ3v) is 2.51. The van der Waals surface area contributed by atoms with Gasteiger partial charge in [-0.3, -0.25) is 4.79 Å². The summed E-state index contributed by atoms with van der Waals surface area (Å²) >= 11 is 0. The van der Waals surface area contributed by atoms with Crippen LogP contribution in [0.15, 0.2) is 32.7 Å². The van der Waals surface area contributed by atoms with Crippen LogP contribution in [0.3, 0.4) is 0 Å². The number of dihydropyridines is 1. The molecule has 2 N–H and O–H groups in total. The first-order chi connectivity index (χ1) is 6.48. The number of nitrogens with two attached hydrogens (primary N) is 1. The first-order valence-corrected chi connectivity index (χ1v) is 5.15. The van der Waals surface area contributed by atoms with Crippen LogP contribution in [-0.2, 0) is 14.8 Å². The zero-order valence-electron chi connectivity index (χ0n) is 6.84. The van der Waals surface area contributed by atoms with E-state index >= 15 is 0 Å². The van der Waals surface area contributed by atoms with Crippen molar-refractivity contribution in [2.75, 3.05) is 0 Å². The lowest BCUT2D eigenvalue weighted by Crippen LogP contribution is -2.15. The molecule has 2 rings (SSSR count). The van der Waals surface area contributed by atoms with E-state index < -0.39 is 15.9 Å². The van der Waals surface area contributed by atoms with Gasteiger partial charge in [-0.25, -0.2) is 23.5 Å². The first-order valence-electron chi connectivity index (χ1n) is 3.61. The molecule has 0 bridgehead atoms. The fraction of sp³-hybridized carbons (Fsp3) is 0. The summed E-state index contributed by atoms with van der Waals surface area (Å²) in [4.78, 5) is 18.2. The van der Waals surface area contributed by atoms with Crippen LogP contribution in [0.2, 0.25) is 0 Å². The van der Waals surface area contributed by atoms with Crippen molar-refractivity contribution >= 4 is 27.9 Å². The standard InChI is InChI=1S/C7H5N3O3S/c8-14(12,13)5-3-4-1-2-9-7(11)6(4)10-5/h1-3H,(H2,8,12,13). The van der Waals surface area contributed by atoms with Gasteiger partial charge in [0.2, 0.25) is 0 Å². The fourth-order valence-corrected chi connectivity index (χ4v) is 1.61. The number of hydrogen-bond donors (Lipinski definition) is 1. The lowest BCUT2D eigenvalue weighted by molar-refractivity contribution is -0.111. The second kappa shape index (κ2) is 2.69. The SMILES string of the molecule is NS(=O)(=O)C1=CC2=CC=NC(=O)C2=N1. The molecular weight excluding hydrogens is 206 g/mol. The molecule has 6 nitrogen and oxygen atoms in total. The summed E-state index contributed by atoms with van der Waals surface area (Å²) < 4.78 is 21.8. The van der Waals surface area contributed by atoms with Crippen molar-refractivity contribution in [2.24, 2.45) is 15.1 Å². The summed E-state index contributed by atoms with van der Waals surface area (Å²) in [5, 5.41) is 4.55. The van der Waals surface area contributed by atoms with Gasteiger partial charge >= 0.3 is 0 Å². The molecule has 7 heteroatoms. The Bertz CT molecular complexity index is 537. The molecule has 2 heterocycles. The molecule has 1 amide bonds. The van der Waals surface area contributed by atoms with Crippen LogP contribution in [0.4, 0.5) is 0 Å². The van der Waals surface area contributed by atoms with E-state index in [1.165, 1.54) is 18.4 Å². The first kappa shape index (κ1) is 8.97. The lowest BCUT2D eigenvalue weighted by Gasteiger charge is -1.99. The number of allylic oxidation sites excluding steroid dienone is 2. The van der Waals surface area contributed by atoms with Crippen molar-refractivity contribution in [3.05, 3.63) is 22.8 Å². The molecule has 0 aromatic heterocycles. The van der Waals surface area contributed by atoms with E-state index in [1.807, 2.05) is 0 Å². The molecule has 72 valence electrons. The van der Waals surface area contributed by atoms with E-state index in [9.17, 15) is 13.2 Å². The van der Waals surface area contributed by atoms with Crippen molar-refractivity contribution in [3.63, 3.8) is 0 Å². The molecular formula is C7H5N3O3S. The normalized spacial score (nSPS) is 20.1. The second-order valence-electron chi connectivity index (χ2n) is 2.69. The number of amides is 1. The highest BCUT2D eigenvalue weighted by molar-refractivity contribution is 7.93. The second-order valence-corrected chi connectivity index (χ2v) is 4.20. The summed E-state index contributed by atoms with van der Waals surface area (Å²) in [6.45, 7) is 0. The Morgan fingerprint density at radius 1 is 1.36 bits per heavy atom. The number of aliphatic imine (C=N–C) groups is 2. The quantitative estimate of drug-likeness (QED) is 0.608. The van der Waals surface area contributed by atoms with Gasteiger partial charge in [0.05, 0.1) is 0 Å². The van der Waals surface area contributed by atoms with Gasteiger partial charge in [0.15, 0.2) is 5.03 Å². The highest BCUT2D eigenvalue weighted by atomic mass is 32.2. The van der Waals surface area contributed by atoms with Gasteiger partial charge in [0.1, 0.15) is 5.71 Å². The average molecular weight is 211 g/mol. The van der Waals surface area contributed by atoms with Crippen LogP contribution in [0.1, 0.15) is 0 Å². The smallest absolute Gasteiger partial charge is 0.265 e. The number of fused-ring (bicyclic) bond motifs is 1. The van der Waals surface area contributed by atoms with E-state index in [1.54, 1.807) is 0 Å². The number of carbonyl (C=O) groups excluding carboxylic acids is 1. The van der Waals surface area contributed by atoms with Crippen LogP contribution < -0.4 is 5.14 Å². The third-order valence-electron chi connectivity index (χ3n) is 1.71. The largest absolute Gasteiger partial charge is 0.296 e. The number of sulfonamides is 1. The van der Waals surface area contributed by atoms with E-state index in [4.69, 9.17) is 5.14 Å². The van der Waals surface area contributed by atoms with Crippen LogP contribution in [-0.4, -0.2) is 26.3 Å². The molecule has 2 aliphatic heterocycles. The molecule has 0 aromatic carbocycles. The summed E-state index contributed by atoms with van der Waals surface area (Å²) in [5.74, 6) is -0.558. The molecule has 0 radical (unpaired) electrons. The highest BCUT2D eigenvalue weighted by Gasteiger charge is 2.27. The summed E-state index contributed by atoms with van der Waals surface area (Å²) in [5.41, 5.74) is 0.450. The van der Waals surface area contributed by atoms with Gasteiger partial charge in [0.25, 0.3) is 15.9 Å². The van der Waals surface area contributed by atoms with Crippen molar-refractivity contribution in [1.82, 2.24) is 0 Å². The third kappa shape index (κ3) is 1.32. The molecule has 0 fully saturated rings. The topological polar surface area (TPSA) is 102 Å². The number of rotatable bonds is 1. The monoisotopic (exact) mass is 211 g/mol. The Kier molecular flexibility index (Phi) is 1.73. The maximum absolute atomic E-state index is 11.1. The summed E-state index contributed by atoms with van der Waals surface area (Å²) in [6.07, 6.45) is 4.03. The fourth-order valence-electron chi connectivity index (χ4n) is 1.10. The van der Waals surface area contributed by atoms with Gasteiger partial charge < -0.3 is 0 Å². The molecule has 0 saturated carbocycles. The van der Waals surface area contributed by atoms with Crippen molar-refractivity contribution in [1.29, 1.82) is 0 Å². The predicted molar refractivity (Wildman–Crippen MR) is 50.2 cm³/mol. The van der Waals surface area contributed by atoms with Crippen molar-refractivity contribution < 1.29 is 13.2 Å². The molecule has 0 spiro atoms. The van der Waals surface area contributed by atoms with E-state index in [0.29, 0.717) is 5.57 Å². The predicted octanol–water partition coefficient (Wildman–Crippen LogP) is -0.892. The zero-order valence-corrected chi connectivity index (χ0v) is 7.65. The van der Waals surface area contributed by atoms with Gasteiger partial charge in [-0.1, -0.05) is 0 Å². The van der Waals surface area contributed by atoms with Crippen LogP contribution in [0.5, 0.6) is 0 Å². The molecule has 0 unspecified atom stereocenters. The highest BCUT2D eigenvalue weighted by Crippen LogP contribution is 2.21. The molecule has 0 saturated heterocycles. The molecule has 0 aromatic rings. The average Bonchev–Trinajstić information content (AvgIpc) is 2.48. The van der Waals surface area contributed by atoms with Gasteiger partial charge in [0, 0.05) is 11.8 Å². The van der Waals surface area contributed by atoms with Crippen LogP contribution >= 0.6 is 0 Å². The molecule has 0 atom stereocenters. The number of nitrogens with zero attached hydrogens (tertiary/aromatic N) is 2.